The van der Waals surface area contributed by atoms with Crippen molar-refractivity contribution in [3.8, 4) is 23.0 Å². The van der Waals surface area contributed by atoms with Gasteiger partial charge in [0.25, 0.3) is 5.91 Å². The molecule has 35 heavy (non-hydrogen) atoms. The van der Waals surface area contributed by atoms with Crippen molar-refractivity contribution in [3.63, 3.8) is 0 Å². The molecule has 0 bridgehead atoms. The van der Waals surface area contributed by atoms with Crippen molar-refractivity contribution in [2.24, 2.45) is 0 Å². The first-order valence-electron chi connectivity index (χ1n) is 11.1. The summed E-state index contributed by atoms with van der Waals surface area (Å²) in [6.07, 6.45) is 6.78. The molecule has 5 aromatic rings. The number of hydrogen-bond acceptors (Lipinski definition) is 4. The Morgan fingerprint density at radius 1 is 0.971 bits per heavy atom. The van der Waals surface area contributed by atoms with E-state index in [0.717, 1.165) is 27.6 Å². The summed E-state index contributed by atoms with van der Waals surface area (Å²) >= 11 is 0. The molecular formula is C29H21N5O. The lowest BCUT2D eigenvalue weighted by molar-refractivity contribution is -0.117. The number of pyridine rings is 1. The number of nitrogens with zero attached hydrogens (tertiary/aromatic N) is 4. The van der Waals surface area contributed by atoms with Gasteiger partial charge in [0.2, 0.25) is 0 Å². The van der Waals surface area contributed by atoms with Crippen LogP contribution < -0.4 is 5.32 Å². The maximum atomic E-state index is 12.8. The van der Waals surface area contributed by atoms with Crippen LogP contribution in [0.2, 0.25) is 0 Å². The number of carbonyl (C=O) groups is 1. The van der Waals surface area contributed by atoms with Crippen LogP contribution in [0.15, 0.2) is 109 Å². The van der Waals surface area contributed by atoms with Crippen LogP contribution in [0.5, 0.6) is 0 Å². The number of rotatable bonds is 6. The van der Waals surface area contributed by atoms with Crippen LogP contribution >= 0.6 is 0 Å². The van der Waals surface area contributed by atoms with Crippen molar-refractivity contribution in [2.45, 2.75) is 6.54 Å². The van der Waals surface area contributed by atoms with E-state index in [9.17, 15) is 10.1 Å². The smallest absolute Gasteiger partial charge is 0.262 e. The Bertz CT molecular complexity index is 1560. The first kappa shape index (κ1) is 21.8. The molecule has 0 spiro atoms. The van der Waals surface area contributed by atoms with Gasteiger partial charge >= 0.3 is 0 Å². The molecule has 0 aliphatic heterocycles. The lowest BCUT2D eigenvalue weighted by atomic mass is 10.0. The van der Waals surface area contributed by atoms with E-state index >= 15 is 0 Å². The molecule has 0 unspecified atom stereocenters. The van der Waals surface area contributed by atoms with E-state index in [1.807, 2.05) is 72.9 Å². The number of nitriles is 1. The summed E-state index contributed by atoms with van der Waals surface area (Å²) in [5.74, 6) is -0.451. The van der Waals surface area contributed by atoms with Crippen LogP contribution in [0.1, 0.15) is 11.1 Å². The number of nitrogens with one attached hydrogen (secondary N) is 1. The number of para-hydroxylation sites is 1. The summed E-state index contributed by atoms with van der Waals surface area (Å²) < 4.78 is 1.76. The number of aromatic nitrogens is 3. The van der Waals surface area contributed by atoms with Gasteiger partial charge in [-0.05, 0) is 46.7 Å². The highest BCUT2D eigenvalue weighted by atomic mass is 16.1. The normalized spacial score (nSPS) is 11.2. The molecule has 0 atom stereocenters. The Morgan fingerprint density at radius 3 is 2.54 bits per heavy atom. The van der Waals surface area contributed by atoms with Crippen molar-refractivity contribution < 1.29 is 4.79 Å². The largest absolute Gasteiger partial charge is 0.347 e. The molecule has 1 amide bonds. The van der Waals surface area contributed by atoms with Gasteiger partial charge in [0.1, 0.15) is 17.3 Å². The monoisotopic (exact) mass is 455 g/mol. The van der Waals surface area contributed by atoms with Crippen molar-refractivity contribution in [3.05, 3.63) is 120 Å². The molecule has 0 radical (unpaired) electrons. The number of hydrogen-bond donors (Lipinski definition) is 1. The number of benzene rings is 3. The standard InChI is InChI=1S/C29H21N5O/c30-17-25(29(35)32-19-21-7-6-14-31-18-21)16-26-20-34(27-10-2-1-3-11-27)33-28(26)24-13-12-22-8-4-5-9-23(22)15-24/h1-16,18,20H,19H2,(H,32,35). The lowest BCUT2D eigenvalue weighted by Crippen LogP contribution is -2.24. The minimum absolute atomic E-state index is 0.00328. The summed E-state index contributed by atoms with van der Waals surface area (Å²) in [5.41, 5.74) is 4.01. The first-order chi connectivity index (χ1) is 17.2. The zero-order valence-corrected chi connectivity index (χ0v) is 18.8. The van der Waals surface area contributed by atoms with Gasteiger partial charge in [0, 0.05) is 36.3 Å². The van der Waals surface area contributed by atoms with Gasteiger partial charge in [-0.3, -0.25) is 9.78 Å². The molecule has 6 heteroatoms. The highest BCUT2D eigenvalue weighted by Crippen LogP contribution is 2.28. The van der Waals surface area contributed by atoms with Crippen molar-refractivity contribution in [1.29, 1.82) is 5.26 Å². The first-order valence-corrected chi connectivity index (χ1v) is 11.1. The van der Waals surface area contributed by atoms with Crippen molar-refractivity contribution >= 4 is 22.8 Å². The fourth-order valence-electron chi connectivity index (χ4n) is 3.85. The fraction of sp³-hybridized carbons (Fsp3) is 0.0345. The molecular weight excluding hydrogens is 434 g/mol. The third kappa shape index (κ3) is 4.85. The second-order valence-electron chi connectivity index (χ2n) is 7.99. The van der Waals surface area contributed by atoms with Crippen LogP contribution in [0.25, 0.3) is 33.8 Å². The topological polar surface area (TPSA) is 83.6 Å². The number of amides is 1. The van der Waals surface area contributed by atoms with Gasteiger partial charge in [0.05, 0.1) is 5.69 Å². The van der Waals surface area contributed by atoms with Gasteiger partial charge in [-0.2, -0.15) is 10.4 Å². The predicted octanol–water partition coefficient (Wildman–Crippen LogP) is 5.31. The number of fused-ring (bicyclic) bond motifs is 1. The molecule has 0 aliphatic rings. The average molecular weight is 456 g/mol. The zero-order chi connectivity index (χ0) is 24.0. The second kappa shape index (κ2) is 9.86. The molecule has 0 aliphatic carbocycles. The molecule has 168 valence electrons. The molecule has 2 aromatic heterocycles. The highest BCUT2D eigenvalue weighted by molar-refractivity contribution is 6.02. The number of carbonyl (C=O) groups excluding carboxylic acids is 1. The quantitative estimate of drug-likeness (QED) is 0.278. The van der Waals surface area contributed by atoms with E-state index in [1.54, 1.807) is 29.2 Å². The van der Waals surface area contributed by atoms with Gasteiger partial charge in [0.15, 0.2) is 0 Å². The van der Waals surface area contributed by atoms with E-state index in [0.29, 0.717) is 11.3 Å². The summed E-state index contributed by atoms with van der Waals surface area (Å²) in [5, 5.41) is 19.6. The Labute approximate surface area is 202 Å². The average Bonchev–Trinajstić information content (AvgIpc) is 3.35. The van der Waals surface area contributed by atoms with E-state index in [1.165, 1.54) is 0 Å². The molecule has 1 N–H and O–H groups in total. The highest BCUT2D eigenvalue weighted by Gasteiger charge is 2.15. The molecule has 0 saturated carbocycles. The molecule has 2 heterocycles. The molecule has 0 saturated heterocycles. The summed E-state index contributed by atoms with van der Waals surface area (Å²) in [4.78, 5) is 16.9. The second-order valence-corrected chi connectivity index (χ2v) is 7.99. The summed E-state index contributed by atoms with van der Waals surface area (Å²) in [6.45, 7) is 0.284. The van der Waals surface area contributed by atoms with Crippen LogP contribution in [0.4, 0.5) is 0 Å². The molecule has 3 aromatic carbocycles. The van der Waals surface area contributed by atoms with Gasteiger partial charge in [-0.25, -0.2) is 4.68 Å². The maximum absolute atomic E-state index is 12.8. The van der Waals surface area contributed by atoms with E-state index in [2.05, 4.69) is 28.5 Å². The van der Waals surface area contributed by atoms with Crippen LogP contribution in [0.3, 0.4) is 0 Å². The third-order valence-corrected chi connectivity index (χ3v) is 5.63. The zero-order valence-electron chi connectivity index (χ0n) is 18.8. The summed E-state index contributed by atoms with van der Waals surface area (Å²) in [7, 11) is 0. The van der Waals surface area contributed by atoms with Crippen LogP contribution in [-0.2, 0) is 11.3 Å². The molecule has 6 nitrogen and oxygen atoms in total. The lowest BCUT2D eigenvalue weighted by Gasteiger charge is -2.05. The third-order valence-electron chi connectivity index (χ3n) is 5.63. The van der Waals surface area contributed by atoms with E-state index in [4.69, 9.17) is 5.10 Å². The van der Waals surface area contributed by atoms with Crippen LogP contribution in [0, 0.1) is 11.3 Å². The SMILES string of the molecule is N#CC(=Cc1cn(-c2ccccc2)nc1-c1ccc2ccccc2c1)C(=O)NCc1cccnc1. The Hall–Kier alpha value is -5.02. The molecule has 0 fully saturated rings. The minimum atomic E-state index is -0.451. The summed E-state index contributed by atoms with van der Waals surface area (Å²) in [6, 6.07) is 29.7. The van der Waals surface area contributed by atoms with Crippen LogP contribution in [-0.4, -0.2) is 20.7 Å². The van der Waals surface area contributed by atoms with Crippen molar-refractivity contribution in [2.75, 3.05) is 0 Å². The van der Waals surface area contributed by atoms with Gasteiger partial charge in [-0.15, -0.1) is 0 Å². The van der Waals surface area contributed by atoms with Gasteiger partial charge in [-0.1, -0.05) is 60.7 Å². The van der Waals surface area contributed by atoms with Crippen molar-refractivity contribution in [1.82, 2.24) is 20.1 Å². The Balaban J connectivity index is 1.54. The Kier molecular flexibility index (Phi) is 6.14. The predicted molar refractivity (Wildman–Crippen MR) is 136 cm³/mol. The van der Waals surface area contributed by atoms with E-state index < -0.39 is 5.91 Å². The minimum Gasteiger partial charge on any atom is -0.347 e. The van der Waals surface area contributed by atoms with E-state index in [-0.39, 0.29) is 12.1 Å². The maximum Gasteiger partial charge on any atom is 0.262 e. The molecule has 5 rings (SSSR count). The fourth-order valence-corrected chi connectivity index (χ4v) is 3.85. The Morgan fingerprint density at radius 2 is 1.77 bits per heavy atom. The van der Waals surface area contributed by atoms with Gasteiger partial charge < -0.3 is 5.32 Å².